The van der Waals surface area contributed by atoms with Crippen LogP contribution in [-0.2, 0) is 26.0 Å². The predicted molar refractivity (Wildman–Crippen MR) is 77.6 cm³/mol. The summed E-state index contributed by atoms with van der Waals surface area (Å²) in [5, 5.41) is 10.4. The Balaban J connectivity index is 2.24. The number of amides is 1. The van der Waals surface area contributed by atoms with Crippen LogP contribution >= 0.6 is 0 Å². The number of carboxylic acid groups (broad SMARTS) is 1. The predicted octanol–water partition coefficient (Wildman–Crippen LogP) is -0.644. The van der Waals surface area contributed by atoms with Crippen LogP contribution in [0, 0.1) is 0 Å². The molecule has 1 aliphatic rings. The van der Waals surface area contributed by atoms with E-state index in [-0.39, 0.29) is 23.6 Å². The van der Waals surface area contributed by atoms with Gasteiger partial charge in [-0.2, -0.15) is 0 Å². The van der Waals surface area contributed by atoms with Crippen LogP contribution in [0.3, 0.4) is 0 Å². The summed E-state index contributed by atoms with van der Waals surface area (Å²) in [6, 6.07) is 4.62. The monoisotopic (exact) mass is 325 g/mol. The first kappa shape index (κ1) is 16.4. The highest BCUT2D eigenvalue weighted by atomic mass is 32.2. The van der Waals surface area contributed by atoms with E-state index in [1.807, 2.05) is 0 Å². The fourth-order valence-electron chi connectivity index (χ4n) is 2.35. The Morgan fingerprint density at radius 3 is 2.55 bits per heavy atom. The lowest BCUT2D eigenvalue weighted by Gasteiger charge is -2.18. The molecule has 7 nitrogen and oxygen atoms in total. The third-order valence-corrected chi connectivity index (χ3v) is 5.38. The molecule has 2 rings (SSSR count). The molecule has 22 heavy (non-hydrogen) atoms. The highest BCUT2D eigenvalue weighted by molar-refractivity contribution is 7.89. The molecule has 0 fully saturated rings. The van der Waals surface area contributed by atoms with Gasteiger partial charge in [0, 0.05) is 38.7 Å². The van der Waals surface area contributed by atoms with Crippen LogP contribution in [0.25, 0.3) is 0 Å². The van der Waals surface area contributed by atoms with Gasteiger partial charge in [-0.1, -0.05) is 0 Å². The Labute approximate surface area is 129 Å². The van der Waals surface area contributed by atoms with E-state index in [0.29, 0.717) is 18.7 Å². The van der Waals surface area contributed by atoms with Crippen molar-refractivity contribution in [3.05, 3.63) is 23.8 Å². The van der Waals surface area contributed by atoms with Crippen molar-refractivity contribution in [3.8, 4) is 0 Å². The number of rotatable bonds is 5. The Morgan fingerprint density at radius 1 is 1.27 bits per heavy atom. The van der Waals surface area contributed by atoms with Crippen LogP contribution in [-0.4, -0.2) is 45.2 Å². The molecule has 1 amide bonds. The van der Waals surface area contributed by atoms with Gasteiger partial charge in [-0.15, -0.1) is 0 Å². The van der Waals surface area contributed by atoms with Crippen LogP contribution in [0.2, 0.25) is 0 Å². The number of carboxylic acids is 1. The van der Waals surface area contributed by atoms with E-state index in [9.17, 15) is 23.1 Å². The molecule has 0 bridgehead atoms. The molecule has 1 aromatic rings. The number of hydrogen-bond donors (Lipinski definition) is 0. The molecule has 0 atom stereocenters. The largest absolute Gasteiger partial charge is 0.550 e. The van der Waals surface area contributed by atoms with E-state index in [1.54, 1.807) is 12.1 Å². The van der Waals surface area contributed by atoms with Gasteiger partial charge in [0.25, 0.3) is 0 Å². The summed E-state index contributed by atoms with van der Waals surface area (Å²) in [6.07, 6.45) is 0.0977. The van der Waals surface area contributed by atoms with Crippen LogP contribution in [0.4, 0.5) is 5.69 Å². The van der Waals surface area contributed by atoms with Gasteiger partial charge in [-0.05, 0) is 36.6 Å². The Kier molecular flexibility index (Phi) is 4.52. The number of aliphatic carboxylic acids is 1. The van der Waals surface area contributed by atoms with Crippen molar-refractivity contribution < 1.29 is 23.1 Å². The van der Waals surface area contributed by atoms with Crippen LogP contribution in [0.5, 0.6) is 0 Å². The molecular formula is C14H17N2O5S-. The quantitative estimate of drug-likeness (QED) is 0.717. The van der Waals surface area contributed by atoms with Crippen molar-refractivity contribution >= 4 is 27.6 Å². The highest BCUT2D eigenvalue weighted by Gasteiger charge is 2.27. The molecule has 0 aliphatic carbocycles. The average molecular weight is 325 g/mol. The Bertz CT molecular complexity index is 712. The maximum absolute atomic E-state index is 12.1. The third kappa shape index (κ3) is 3.12. The molecule has 0 radical (unpaired) electrons. The zero-order valence-electron chi connectivity index (χ0n) is 12.4. The Morgan fingerprint density at radius 2 is 1.95 bits per heavy atom. The maximum atomic E-state index is 12.1. The average Bonchev–Trinajstić information content (AvgIpc) is 2.87. The zero-order chi connectivity index (χ0) is 16.5. The van der Waals surface area contributed by atoms with Gasteiger partial charge in [0.1, 0.15) is 0 Å². The Hall–Kier alpha value is -1.93. The SMILES string of the molecule is CN(C)S(=O)(=O)c1ccc2c(c1)CCN2C(=O)CCC(=O)[O-]. The minimum absolute atomic E-state index is 0.125. The molecule has 0 spiro atoms. The van der Waals surface area contributed by atoms with Crippen molar-refractivity contribution in [1.82, 2.24) is 4.31 Å². The summed E-state index contributed by atoms with van der Waals surface area (Å²) in [4.78, 5) is 24.1. The minimum Gasteiger partial charge on any atom is -0.550 e. The van der Waals surface area contributed by atoms with E-state index in [0.717, 1.165) is 9.87 Å². The second-order valence-corrected chi connectivity index (χ2v) is 7.40. The van der Waals surface area contributed by atoms with Gasteiger partial charge in [-0.25, -0.2) is 12.7 Å². The summed E-state index contributed by atoms with van der Waals surface area (Å²) < 4.78 is 25.3. The number of nitrogens with zero attached hydrogens (tertiary/aromatic N) is 2. The van der Waals surface area contributed by atoms with Crippen molar-refractivity contribution in [2.45, 2.75) is 24.2 Å². The van der Waals surface area contributed by atoms with Gasteiger partial charge in [0.15, 0.2) is 0 Å². The van der Waals surface area contributed by atoms with E-state index in [2.05, 4.69) is 0 Å². The lowest BCUT2D eigenvalue weighted by molar-refractivity contribution is -0.305. The fourth-order valence-corrected chi connectivity index (χ4v) is 3.31. The summed E-state index contributed by atoms with van der Waals surface area (Å²) in [5.74, 6) is -1.56. The smallest absolute Gasteiger partial charge is 0.242 e. The van der Waals surface area contributed by atoms with E-state index >= 15 is 0 Å². The second kappa shape index (κ2) is 6.05. The van der Waals surface area contributed by atoms with Crippen molar-refractivity contribution in [1.29, 1.82) is 0 Å². The molecule has 0 saturated heterocycles. The summed E-state index contributed by atoms with van der Waals surface area (Å²) in [7, 11) is -0.600. The fraction of sp³-hybridized carbons (Fsp3) is 0.429. The molecule has 1 aromatic carbocycles. The minimum atomic E-state index is -3.51. The zero-order valence-corrected chi connectivity index (χ0v) is 13.2. The first-order chi connectivity index (χ1) is 10.2. The topological polar surface area (TPSA) is 97.8 Å². The van der Waals surface area contributed by atoms with Crippen LogP contribution in [0.1, 0.15) is 18.4 Å². The van der Waals surface area contributed by atoms with Gasteiger partial charge < -0.3 is 14.8 Å². The number of fused-ring (bicyclic) bond motifs is 1. The molecule has 0 aromatic heterocycles. The third-order valence-electron chi connectivity index (χ3n) is 3.57. The molecule has 0 unspecified atom stereocenters. The molecule has 1 aliphatic heterocycles. The number of benzene rings is 1. The highest BCUT2D eigenvalue weighted by Crippen LogP contribution is 2.31. The first-order valence-corrected chi connectivity index (χ1v) is 8.23. The lowest BCUT2D eigenvalue weighted by atomic mass is 10.2. The molecule has 8 heteroatoms. The molecule has 1 heterocycles. The number of sulfonamides is 1. The van der Waals surface area contributed by atoms with Crippen molar-refractivity contribution in [2.75, 3.05) is 25.5 Å². The maximum Gasteiger partial charge on any atom is 0.242 e. The summed E-state index contributed by atoms with van der Waals surface area (Å²) in [6.45, 7) is 0.423. The molecule has 120 valence electrons. The molecule has 0 N–H and O–H groups in total. The van der Waals surface area contributed by atoms with Crippen LogP contribution in [0.15, 0.2) is 23.1 Å². The van der Waals surface area contributed by atoms with E-state index in [4.69, 9.17) is 0 Å². The van der Waals surface area contributed by atoms with E-state index < -0.39 is 16.0 Å². The van der Waals surface area contributed by atoms with Gasteiger partial charge in [0.2, 0.25) is 15.9 Å². The first-order valence-electron chi connectivity index (χ1n) is 6.79. The second-order valence-electron chi connectivity index (χ2n) is 5.25. The number of carbonyl (C=O) groups is 2. The van der Waals surface area contributed by atoms with Crippen molar-refractivity contribution in [3.63, 3.8) is 0 Å². The van der Waals surface area contributed by atoms with Crippen LogP contribution < -0.4 is 10.0 Å². The molecular weight excluding hydrogens is 308 g/mol. The van der Waals surface area contributed by atoms with Crippen molar-refractivity contribution in [2.24, 2.45) is 0 Å². The van der Waals surface area contributed by atoms with Gasteiger partial charge in [-0.3, -0.25) is 4.79 Å². The number of anilines is 1. The standard InChI is InChI=1S/C14H18N2O5S/c1-15(2)22(20,21)11-3-4-12-10(9-11)7-8-16(12)13(17)5-6-14(18)19/h3-4,9H,5-8H2,1-2H3,(H,18,19)/p-1. The number of carbonyl (C=O) groups excluding carboxylic acids is 2. The summed E-state index contributed by atoms with van der Waals surface area (Å²) >= 11 is 0. The normalized spacial score (nSPS) is 14.2. The molecule has 0 saturated carbocycles. The van der Waals surface area contributed by atoms with E-state index in [1.165, 1.54) is 25.1 Å². The summed E-state index contributed by atoms with van der Waals surface area (Å²) in [5.41, 5.74) is 1.41. The van der Waals surface area contributed by atoms with Gasteiger partial charge >= 0.3 is 0 Å². The van der Waals surface area contributed by atoms with Gasteiger partial charge in [0.05, 0.1) is 4.90 Å². The lowest BCUT2D eigenvalue weighted by Crippen LogP contribution is -2.31. The number of hydrogen-bond acceptors (Lipinski definition) is 5.